The van der Waals surface area contributed by atoms with E-state index in [2.05, 4.69) is 23.4 Å². The van der Waals surface area contributed by atoms with Gasteiger partial charge in [0.2, 0.25) is 0 Å². The average Bonchev–Trinajstić information content (AvgIpc) is 2.97. The van der Waals surface area contributed by atoms with Gasteiger partial charge in [-0.15, -0.1) is 0 Å². The number of carbonyl (C=O) groups excluding carboxylic acids is 1. The number of para-hydroxylation sites is 1. The summed E-state index contributed by atoms with van der Waals surface area (Å²) in [5.74, 6) is 2.60. The van der Waals surface area contributed by atoms with Crippen molar-refractivity contribution in [1.29, 1.82) is 0 Å². The largest absolute Gasteiger partial charge is 0.484 e. The molecule has 2 heterocycles. The zero-order valence-electron chi connectivity index (χ0n) is 15.1. The second-order valence-corrected chi connectivity index (χ2v) is 6.81. The molecule has 0 N–H and O–H groups in total. The highest BCUT2D eigenvalue weighted by Crippen LogP contribution is 2.22. The Labute approximate surface area is 149 Å². The number of likely N-dealkylation sites (tertiary alicyclic amines) is 1. The molecule has 1 amide bonds. The Balaban J connectivity index is 1.40. The first kappa shape index (κ1) is 17.5. The van der Waals surface area contributed by atoms with Crippen molar-refractivity contribution in [2.75, 3.05) is 19.7 Å². The maximum Gasteiger partial charge on any atom is 0.260 e. The first-order chi connectivity index (χ1) is 12.1. The van der Waals surface area contributed by atoms with Gasteiger partial charge < -0.3 is 14.2 Å². The van der Waals surface area contributed by atoms with Crippen LogP contribution in [-0.2, 0) is 11.3 Å². The van der Waals surface area contributed by atoms with Crippen molar-refractivity contribution in [3.8, 4) is 5.75 Å². The van der Waals surface area contributed by atoms with Crippen molar-refractivity contribution in [2.45, 2.75) is 39.7 Å². The van der Waals surface area contributed by atoms with Gasteiger partial charge in [-0.1, -0.05) is 18.2 Å². The molecule has 3 rings (SSSR count). The van der Waals surface area contributed by atoms with Crippen LogP contribution in [0.5, 0.6) is 5.75 Å². The lowest BCUT2D eigenvalue weighted by Gasteiger charge is -2.32. The lowest BCUT2D eigenvalue weighted by molar-refractivity contribution is -0.134. The van der Waals surface area contributed by atoms with Crippen LogP contribution < -0.4 is 4.74 Å². The minimum Gasteiger partial charge on any atom is -0.484 e. The van der Waals surface area contributed by atoms with Crippen LogP contribution in [0.25, 0.3) is 0 Å². The molecule has 134 valence electrons. The Morgan fingerprint density at radius 2 is 1.92 bits per heavy atom. The lowest BCUT2D eigenvalue weighted by Crippen LogP contribution is -2.41. The smallest absolute Gasteiger partial charge is 0.260 e. The second-order valence-electron chi connectivity index (χ2n) is 6.81. The second kappa shape index (κ2) is 8.19. The Kier molecular flexibility index (Phi) is 5.74. The molecule has 0 unspecified atom stereocenters. The zero-order chi connectivity index (χ0) is 17.6. The molecule has 1 aliphatic heterocycles. The Morgan fingerprint density at radius 1 is 1.20 bits per heavy atom. The van der Waals surface area contributed by atoms with E-state index in [1.54, 1.807) is 0 Å². The number of piperidine rings is 1. The van der Waals surface area contributed by atoms with Crippen molar-refractivity contribution in [2.24, 2.45) is 5.92 Å². The van der Waals surface area contributed by atoms with Crippen LogP contribution in [0.2, 0.25) is 0 Å². The maximum atomic E-state index is 12.3. The first-order valence-electron chi connectivity index (χ1n) is 9.08. The molecule has 0 bridgehead atoms. The summed E-state index contributed by atoms with van der Waals surface area (Å²) in [6.07, 6.45) is 5.23. The number of aromatic nitrogens is 2. The molecule has 0 atom stereocenters. The summed E-state index contributed by atoms with van der Waals surface area (Å²) in [5, 5.41) is 0. The fourth-order valence-corrected chi connectivity index (χ4v) is 3.46. The SMILES string of the molecule is Cc1cnc(C)n1CCC1CCN(C(=O)COc2ccccc2)CC1. The molecule has 25 heavy (non-hydrogen) atoms. The average molecular weight is 341 g/mol. The number of amides is 1. The molecule has 0 saturated carbocycles. The highest BCUT2D eigenvalue weighted by Gasteiger charge is 2.23. The van der Waals surface area contributed by atoms with E-state index in [1.807, 2.05) is 41.4 Å². The number of aryl methyl sites for hydroxylation is 2. The third kappa shape index (κ3) is 4.62. The van der Waals surface area contributed by atoms with Crippen LogP contribution in [0.15, 0.2) is 36.5 Å². The molecule has 1 aromatic heterocycles. The molecule has 2 aromatic rings. The Morgan fingerprint density at radius 3 is 2.56 bits per heavy atom. The predicted molar refractivity (Wildman–Crippen MR) is 97.6 cm³/mol. The number of ether oxygens (including phenoxy) is 1. The molecule has 0 radical (unpaired) electrons. The molecular weight excluding hydrogens is 314 g/mol. The van der Waals surface area contributed by atoms with Gasteiger partial charge in [0.15, 0.2) is 6.61 Å². The van der Waals surface area contributed by atoms with Crippen LogP contribution in [0, 0.1) is 19.8 Å². The van der Waals surface area contributed by atoms with Crippen molar-refractivity contribution >= 4 is 5.91 Å². The van der Waals surface area contributed by atoms with Crippen LogP contribution in [0.3, 0.4) is 0 Å². The molecule has 1 aromatic carbocycles. The molecule has 0 spiro atoms. The third-order valence-corrected chi connectivity index (χ3v) is 5.09. The normalized spacial score (nSPS) is 15.4. The highest BCUT2D eigenvalue weighted by atomic mass is 16.5. The zero-order valence-corrected chi connectivity index (χ0v) is 15.1. The van der Waals surface area contributed by atoms with Crippen molar-refractivity contribution in [3.05, 3.63) is 48.0 Å². The van der Waals surface area contributed by atoms with Crippen LogP contribution >= 0.6 is 0 Å². The van der Waals surface area contributed by atoms with E-state index < -0.39 is 0 Å². The minimum atomic E-state index is 0.0867. The number of hydrogen-bond acceptors (Lipinski definition) is 3. The van der Waals surface area contributed by atoms with Gasteiger partial charge in [0, 0.05) is 31.5 Å². The summed E-state index contributed by atoms with van der Waals surface area (Å²) in [6, 6.07) is 9.51. The van der Waals surface area contributed by atoms with Crippen molar-refractivity contribution in [3.63, 3.8) is 0 Å². The van der Waals surface area contributed by atoms with E-state index in [0.717, 1.165) is 50.5 Å². The van der Waals surface area contributed by atoms with E-state index in [-0.39, 0.29) is 12.5 Å². The number of nitrogens with zero attached hydrogens (tertiary/aromatic N) is 3. The van der Waals surface area contributed by atoms with E-state index in [4.69, 9.17) is 4.74 Å². The summed E-state index contributed by atoms with van der Waals surface area (Å²) in [7, 11) is 0. The summed E-state index contributed by atoms with van der Waals surface area (Å²) in [6.45, 7) is 6.98. The fourth-order valence-electron chi connectivity index (χ4n) is 3.46. The van der Waals surface area contributed by atoms with Gasteiger partial charge in [0.25, 0.3) is 5.91 Å². The molecular formula is C20H27N3O2. The first-order valence-corrected chi connectivity index (χ1v) is 9.08. The molecule has 5 heteroatoms. The van der Waals surface area contributed by atoms with Gasteiger partial charge >= 0.3 is 0 Å². The fraction of sp³-hybridized carbons (Fsp3) is 0.500. The minimum absolute atomic E-state index is 0.0867. The monoisotopic (exact) mass is 341 g/mol. The van der Waals surface area contributed by atoms with Crippen LogP contribution in [0.1, 0.15) is 30.8 Å². The number of carbonyl (C=O) groups is 1. The van der Waals surface area contributed by atoms with Gasteiger partial charge in [0.1, 0.15) is 11.6 Å². The number of rotatable bonds is 6. The summed E-state index contributed by atoms with van der Waals surface area (Å²) in [5.41, 5.74) is 1.23. The van der Waals surface area contributed by atoms with Gasteiger partial charge in [-0.05, 0) is 51.2 Å². The van der Waals surface area contributed by atoms with Gasteiger partial charge in [-0.25, -0.2) is 4.98 Å². The van der Waals surface area contributed by atoms with E-state index in [9.17, 15) is 4.79 Å². The Hall–Kier alpha value is -2.30. The van der Waals surface area contributed by atoms with Crippen molar-refractivity contribution in [1.82, 2.24) is 14.5 Å². The summed E-state index contributed by atoms with van der Waals surface area (Å²) in [4.78, 5) is 18.6. The topological polar surface area (TPSA) is 47.4 Å². The molecule has 1 aliphatic rings. The van der Waals surface area contributed by atoms with Gasteiger partial charge in [0.05, 0.1) is 0 Å². The number of benzene rings is 1. The van der Waals surface area contributed by atoms with Crippen LogP contribution in [0.4, 0.5) is 0 Å². The standard InChI is InChI=1S/C20H27N3O2/c1-16-14-21-17(2)23(16)13-10-18-8-11-22(12-9-18)20(24)15-25-19-6-4-3-5-7-19/h3-7,14,18H,8-13,15H2,1-2H3. The van der Waals surface area contributed by atoms with Gasteiger partial charge in [-0.2, -0.15) is 0 Å². The van der Waals surface area contributed by atoms with Crippen molar-refractivity contribution < 1.29 is 9.53 Å². The molecule has 1 fully saturated rings. The lowest BCUT2D eigenvalue weighted by atomic mass is 9.93. The highest BCUT2D eigenvalue weighted by molar-refractivity contribution is 5.77. The molecule has 1 saturated heterocycles. The van der Waals surface area contributed by atoms with Crippen LogP contribution in [-0.4, -0.2) is 40.1 Å². The quantitative estimate of drug-likeness (QED) is 0.810. The number of hydrogen-bond donors (Lipinski definition) is 0. The maximum absolute atomic E-state index is 12.3. The summed E-state index contributed by atoms with van der Waals surface area (Å²) < 4.78 is 7.85. The van der Waals surface area contributed by atoms with E-state index in [0.29, 0.717) is 5.92 Å². The van der Waals surface area contributed by atoms with E-state index in [1.165, 1.54) is 5.69 Å². The predicted octanol–water partition coefficient (Wildman–Crippen LogP) is 3.21. The van der Waals surface area contributed by atoms with Gasteiger partial charge in [-0.3, -0.25) is 4.79 Å². The molecule has 5 nitrogen and oxygen atoms in total. The van der Waals surface area contributed by atoms with E-state index >= 15 is 0 Å². The summed E-state index contributed by atoms with van der Waals surface area (Å²) >= 11 is 0. The number of imidazole rings is 1. The third-order valence-electron chi connectivity index (χ3n) is 5.09. The molecule has 0 aliphatic carbocycles. The Bertz CT molecular complexity index is 669.